The third kappa shape index (κ3) is 5.79. The standard InChI is InChI=1S/C17H31N3O2/c1-7-19(11-13(2)3)15(21)10-14-16(22)18-8-9-20(14)12-17(4,5)6/h14H,2,7-12H2,1,3-6H3,(H,18,22)/t14-/m1/s1. The number of hydrogen-bond donors (Lipinski definition) is 1. The van der Waals surface area contributed by atoms with E-state index in [1.807, 2.05) is 13.8 Å². The van der Waals surface area contributed by atoms with E-state index in [0.717, 1.165) is 18.7 Å². The Hall–Kier alpha value is -1.36. The van der Waals surface area contributed by atoms with Crippen molar-refractivity contribution in [2.24, 2.45) is 5.41 Å². The minimum atomic E-state index is -0.361. The number of nitrogens with one attached hydrogen (secondary N) is 1. The molecule has 1 heterocycles. The summed E-state index contributed by atoms with van der Waals surface area (Å²) in [5.41, 5.74) is 1.05. The Kier molecular flexibility index (Phi) is 6.60. The quantitative estimate of drug-likeness (QED) is 0.759. The smallest absolute Gasteiger partial charge is 0.237 e. The third-order valence-electron chi connectivity index (χ3n) is 3.68. The zero-order chi connectivity index (χ0) is 16.9. The van der Waals surface area contributed by atoms with Crippen molar-refractivity contribution in [3.63, 3.8) is 0 Å². The second-order valence-corrected chi connectivity index (χ2v) is 7.41. The van der Waals surface area contributed by atoms with Gasteiger partial charge in [0.2, 0.25) is 11.8 Å². The fraction of sp³-hybridized carbons (Fsp3) is 0.765. The van der Waals surface area contributed by atoms with E-state index in [1.165, 1.54) is 0 Å². The number of hydrogen-bond acceptors (Lipinski definition) is 3. The molecular weight excluding hydrogens is 278 g/mol. The summed E-state index contributed by atoms with van der Waals surface area (Å²) in [6.45, 7) is 17.6. The first kappa shape index (κ1) is 18.7. The van der Waals surface area contributed by atoms with Gasteiger partial charge in [0.25, 0.3) is 0 Å². The molecule has 0 saturated carbocycles. The van der Waals surface area contributed by atoms with Crippen LogP contribution in [0.4, 0.5) is 0 Å². The zero-order valence-corrected chi connectivity index (χ0v) is 14.7. The van der Waals surface area contributed by atoms with Crippen molar-refractivity contribution in [3.05, 3.63) is 12.2 Å². The fourth-order valence-corrected chi connectivity index (χ4v) is 2.78. The normalized spacial score (nSPS) is 19.7. The molecule has 22 heavy (non-hydrogen) atoms. The van der Waals surface area contributed by atoms with E-state index in [-0.39, 0.29) is 29.7 Å². The van der Waals surface area contributed by atoms with Gasteiger partial charge in [0.1, 0.15) is 0 Å². The van der Waals surface area contributed by atoms with Crippen LogP contribution in [0, 0.1) is 5.41 Å². The van der Waals surface area contributed by atoms with Crippen molar-refractivity contribution < 1.29 is 9.59 Å². The van der Waals surface area contributed by atoms with Crippen LogP contribution < -0.4 is 5.32 Å². The van der Waals surface area contributed by atoms with Crippen molar-refractivity contribution in [2.45, 2.75) is 47.1 Å². The Morgan fingerprint density at radius 2 is 2.09 bits per heavy atom. The lowest BCUT2D eigenvalue weighted by Gasteiger charge is -2.39. The summed E-state index contributed by atoms with van der Waals surface area (Å²) >= 11 is 0. The first-order valence-electron chi connectivity index (χ1n) is 8.08. The van der Waals surface area contributed by atoms with Crippen LogP contribution in [-0.4, -0.2) is 60.4 Å². The number of piperazine rings is 1. The predicted octanol–water partition coefficient (Wildman–Crippen LogP) is 1.65. The minimum Gasteiger partial charge on any atom is -0.353 e. The SMILES string of the molecule is C=C(C)CN(CC)C(=O)C[C@@H]1C(=O)NCCN1CC(C)(C)C. The summed E-state index contributed by atoms with van der Waals surface area (Å²) in [7, 11) is 0. The van der Waals surface area contributed by atoms with E-state index in [0.29, 0.717) is 19.6 Å². The van der Waals surface area contributed by atoms with Gasteiger partial charge in [-0.1, -0.05) is 32.9 Å². The lowest BCUT2D eigenvalue weighted by molar-refractivity contribution is -0.139. The van der Waals surface area contributed by atoms with E-state index in [4.69, 9.17) is 0 Å². The molecule has 1 N–H and O–H groups in total. The summed E-state index contributed by atoms with van der Waals surface area (Å²) in [5, 5.41) is 2.88. The molecule has 0 aromatic rings. The van der Waals surface area contributed by atoms with Gasteiger partial charge in [-0.25, -0.2) is 0 Å². The first-order valence-corrected chi connectivity index (χ1v) is 8.08. The Morgan fingerprint density at radius 3 is 2.59 bits per heavy atom. The molecule has 5 heteroatoms. The van der Waals surface area contributed by atoms with Crippen LogP contribution in [-0.2, 0) is 9.59 Å². The molecule has 0 aromatic heterocycles. The number of rotatable bonds is 6. The summed E-state index contributed by atoms with van der Waals surface area (Å²) in [4.78, 5) is 28.6. The summed E-state index contributed by atoms with van der Waals surface area (Å²) in [6.07, 6.45) is 0.239. The lowest BCUT2D eigenvalue weighted by atomic mass is 9.94. The molecule has 1 aliphatic heterocycles. The molecule has 126 valence electrons. The van der Waals surface area contributed by atoms with Gasteiger partial charge in [-0.15, -0.1) is 0 Å². The zero-order valence-electron chi connectivity index (χ0n) is 14.7. The number of likely N-dealkylation sites (N-methyl/N-ethyl adjacent to an activating group) is 1. The van der Waals surface area contributed by atoms with Crippen LogP contribution in [0.1, 0.15) is 41.0 Å². The first-order chi connectivity index (χ1) is 10.1. The maximum atomic E-state index is 12.5. The summed E-state index contributed by atoms with van der Waals surface area (Å²) in [5.74, 6) is -0.0123. The van der Waals surface area contributed by atoms with Crippen molar-refractivity contribution >= 4 is 11.8 Å². The Bertz CT molecular complexity index is 426. The molecule has 1 fully saturated rings. The molecule has 1 aliphatic rings. The van der Waals surface area contributed by atoms with Gasteiger partial charge >= 0.3 is 0 Å². The lowest BCUT2D eigenvalue weighted by Crippen LogP contribution is -2.58. The number of nitrogens with zero attached hydrogens (tertiary/aromatic N) is 2. The molecule has 0 unspecified atom stereocenters. The highest BCUT2D eigenvalue weighted by Crippen LogP contribution is 2.20. The van der Waals surface area contributed by atoms with Gasteiger partial charge < -0.3 is 10.2 Å². The van der Waals surface area contributed by atoms with Crippen molar-refractivity contribution in [3.8, 4) is 0 Å². The van der Waals surface area contributed by atoms with Crippen molar-refractivity contribution in [1.29, 1.82) is 0 Å². The average molecular weight is 309 g/mol. The molecule has 0 aromatic carbocycles. The van der Waals surface area contributed by atoms with E-state index in [2.05, 4.69) is 37.6 Å². The molecule has 1 saturated heterocycles. The van der Waals surface area contributed by atoms with E-state index in [9.17, 15) is 9.59 Å². The van der Waals surface area contributed by atoms with Gasteiger partial charge in [-0.2, -0.15) is 0 Å². The molecule has 0 bridgehead atoms. The maximum Gasteiger partial charge on any atom is 0.237 e. The van der Waals surface area contributed by atoms with Gasteiger partial charge in [-0.05, 0) is 19.3 Å². The van der Waals surface area contributed by atoms with Crippen molar-refractivity contribution in [1.82, 2.24) is 15.1 Å². The van der Waals surface area contributed by atoms with Crippen LogP contribution in [0.5, 0.6) is 0 Å². The van der Waals surface area contributed by atoms with Crippen LogP contribution in [0.25, 0.3) is 0 Å². The second-order valence-electron chi connectivity index (χ2n) is 7.41. The van der Waals surface area contributed by atoms with Gasteiger partial charge in [0, 0.05) is 32.7 Å². The average Bonchev–Trinajstić information content (AvgIpc) is 2.37. The number of carbonyl (C=O) groups is 2. The van der Waals surface area contributed by atoms with Crippen LogP contribution in [0.15, 0.2) is 12.2 Å². The van der Waals surface area contributed by atoms with E-state index < -0.39 is 0 Å². The Labute approximate surface area is 134 Å². The molecule has 5 nitrogen and oxygen atoms in total. The monoisotopic (exact) mass is 309 g/mol. The molecule has 2 amide bonds. The largest absolute Gasteiger partial charge is 0.353 e. The topological polar surface area (TPSA) is 52.7 Å². The van der Waals surface area contributed by atoms with E-state index >= 15 is 0 Å². The molecule has 0 aliphatic carbocycles. The molecule has 1 atom stereocenters. The van der Waals surface area contributed by atoms with Crippen LogP contribution in [0.3, 0.4) is 0 Å². The van der Waals surface area contributed by atoms with Crippen LogP contribution >= 0.6 is 0 Å². The van der Waals surface area contributed by atoms with E-state index in [1.54, 1.807) is 4.90 Å². The highest BCUT2D eigenvalue weighted by atomic mass is 16.2. The molecule has 0 radical (unpaired) electrons. The molecular formula is C17H31N3O2. The van der Waals surface area contributed by atoms with Gasteiger partial charge in [0.15, 0.2) is 0 Å². The summed E-state index contributed by atoms with van der Waals surface area (Å²) < 4.78 is 0. The summed E-state index contributed by atoms with van der Waals surface area (Å²) in [6, 6.07) is -0.361. The Morgan fingerprint density at radius 1 is 1.45 bits per heavy atom. The highest BCUT2D eigenvalue weighted by Gasteiger charge is 2.34. The second kappa shape index (κ2) is 7.77. The third-order valence-corrected chi connectivity index (χ3v) is 3.68. The molecule has 0 spiro atoms. The van der Waals surface area contributed by atoms with Gasteiger partial charge in [-0.3, -0.25) is 14.5 Å². The number of amides is 2. The van der Waals surface area contributed by atoms with Crippen molar-refractivity contribution in [2.75, 3.05) is 32.7 Å². The number of carbonyl (C=O) groups excluding carboxylic acids is 2. The minimum absolute atomic E-state index is 0.0199. The maximum absolute atomic E-state index is 12.5. The van der Waals surface area contributed by atoms with Gasteiger partial charge in [0.05, 0.1) is 12.5 Å². The fourth-order valence-electron chi connectivity index (χ4n) is 2.78. The Balaban J connectivity index is 2.78. The predicted molar refractivity (Wildman–Crippen MR) is 89.5 cm³/mol. The van der Waals surface area contributed by atoms with Crippen LogP contribution in [0.2, 0.25) is 0 Å². The highest BCUT2D eigenvalue weighted by molar-refractivity contribution is 5.89. The molecule has 1 rings (SSSR count).